The van der Waals surface area contributed by atoms with Crippen LogP contribution in [-0.2, 0) is 9.59 Å². The van der Waals surface area contributed by atoms with Gasteiger partial charge in [-0.3, -0.25) is 9.59 Å². The summed E-state index contributed by atoms with van der Waals surface area (Å²) in [7, 11) is 0. The highest BCUT2D eigenvalue weighted by molar-refractivity contribution is 7.09. The highest BCUT2D eigenvalue weighted by Gasteiger charge is 2.05. The minimum absolute atomic E-state index is 0.0948. The van der Waals surface area contributed by atoms with E-state index in [9.17, 15) is 9.59 Å². The van der Waals surface area contributed by atoms with Crippen LogP contribution in [0.5, 0.6) is 0 Å². The third-order valence-electron chi connectivity index (χ3n) is 3.13. The zero-order valence-corrected chi connectivity index (χ0v) is 13.2. The van der Waals surface area contributed by atoms with E-state index in [1.54, 1.807) is 11.3 Å². The van der Waals surface area contributed by atoms with Crippen LogP contribution in [0.15, 0.2) is 29.6 Å². The Morgan fingerprint density at radius 1 is 1.18 bits per heavy atom. The fourth-order valence-corrected chi connectivity index (χ4v) is 2.63. The molecule has 0 aliphatic carbocycles. The first kappa shape index (κ1) is 16.2. The van der Waals surface area contributed by atoms with Crippen LogP contribution in [0.2, 0.25) is 0 Å². The lowest BCUT2D eigenvalue weighted by molar-refractivity contribution is -0.137. The first-order valence-electron chi connectivity index (χ1n) is 7.09. The number of unbranched alkanes of at least 4 members (excludes halogenated alkanes) is 1. The average Bonchev–Trinajstić information content (AvgIpc) is 2.91. The number of nitrogens with one attached hydrogen (secondary N) is 1. The van der Waals surface area contributed by atoms with Gasteiger partial charge in [-0.1, -0.05) is 12.1 Å². The molecule has 6 heteroatoms. The van der Waals surface area contributed by atoms with Gasteiger partial charge in [0, 0.05) is 29.5 Å². The van der Waals surface area contributed by atoms with E-state index in [1.165, 1.54) is 0 Å². The number of carboxylic acids is 1. The summed E-state index contributed by atoms with van der Waals surface area (Å²) in [5.41, 5.74) is 2.69. The smallest absolute Gasteiger partial charge is 0.303 e. The van der Waals surface area contributed by atoms with Gasteiger partial charge < -0.3 is 10.4 Å². The molecule has 0 spiro atoms. The number of amides is 1. The van der Waals surface area contributed by atoms with Crippen molar-refractivity contribution in [2.45, 2.75) is 32.6 Å². The summed E-state index contributed by atoms with van der Waals surface area (Å²) in [5, 5.41) is 14.4. The predicted octanol–water partition coefficient (Wildman–Crippen LogP) is 3.70. The summed E-state index contributed by atoms with van der Waals surface area (Å²) < 4.78 is 0. The quantitative estimate of drug-likeness (QED) is 0.763. The fraction of sp³-hybridized carbons (Fsp3) is 0.312. The molecule has 0 bridgehead atoms. The molecule has 0 aliphatic rings. The Morgan fingerprint density at radius 2 is 1.86 bits per heavy atom. The number of carbonyl (C=O) groups is 2. The first-order chi connectivity index (χ1) is 10.5. The number of aliphatic carboxylic acids is 1. The first-order valence-corrected chi connectivity index (χ1v) is 7.97. The van der Waals surface area contributed by atoms with E-state index < -0.39 is 5.97 Å². The Bertz CT molecular complexity index is 650. The van der Waals surface area contributed by atoms with E-state index in [0.29, 0.717) is 19.3 Å². The van der Waals surface area contributed by atoms with Crippen LogP contribution in [0.1, 0.15) is 30.7 Å². The van der Waals surface area contributed by atoms with E-state index in [4.69, 9.17) is 5.11 Å². The molecule has 2 rings (SSSR count). The van der Waals surface area contributed by atoms with Gasteiger partial charge in [0.2, 0.25) is 5.91 Å². The van der Waals surface area contributed by atoms with Crippen LogP contribution >= 0.6 is 11.3 Å². The molecule has 1 aromatic carbocycles. The van der Waals surface area contributed by atoms with Gasteiger partial charge in [0.15, 0.2) is 0 Å². The third-order valence-corrected chi connectivity index (χ3v) is 3.90. The average molecular weight is 318 g/mol. The molecule has 1 aromatic heterocycles. The number of carbonyl (C=O) groups excluding carboxylic acids is 1. The molecule has 1 heterocycles. The number of rotatable bonds is 7. The zero-order valence-electron chi connectivity index (χ0n) is 12.3. The second-order valence-corrected chi connectivity index (χ2v) is 6.04. The van der Waals surface area contributed by atoms with Crippen molar-refractivity contribution in [1.82, 2.24) is 4.98 Å². The lowest BCUT2D eigenvalue weighted by atomic mass is 10.1. The Balaban J connectivity index is 1.83. The van der Waals surface area contributed by atoms with E-state index in [1.807, 2.05) is 36.6 Å². The number of hydrogen-bond donors (Lipinski definition) is 2. The number of anilines is 1. The van der Waals surface area contributed by atoms with Crippen LogP contribution in [0, 0.1) is 6.92 Å². The number of thiazole rings is 1. The monoisotopic (exact) mass is 318 g/mol. The maximum atomic E-state index is 11.7. The summed E-state index contributed by atoms with van der Waals surface area (Å²) in [5.74, 6) is -0.920. The van der Waals surface area contributed by atoms with Crippen molar-refractivity contribution < 1.29 is 14.7 Å². The summed E-state index contributed by atoms with van der Waals surface area (Å²) in [4.78, 5) is 26.5. The maximum Gasteiger partial charge on any atom is 0.303 e. The predicted molar refractivity (Wildman–Crippen MR) is 87.0 cm³/mol. The molecule has 0 fully saturated rings. The second-order valence-electron chi connectivity index (χ2n) is 4.98. The molecule has 2 aromatic rings. The minimum atomic E-state index is -0.826. The summed E-state index contributed by atoms with van der Waals surface area (Å²) in [6.45, 7) is 1.97. The van der Waals surface area contributed by atoms with Gasteiger partial charge in [-0.2, -0.15) is 0 Å². The Kier molecular flexibility index (Phi) is 5.66. The summed E-state index contributed by atoms with van der Waals surface area (Å²) in [6.07, 6.45) is 1.54. The van der Waals surface area contributed by atoms with Crippen LogP contribution < -0.4 is 5.32 Å². The van der Waals surface area contributed by atoms with Gasteiger partial charge >= 0.3 is 5.97 Å². The Morgan fingerprint density at radius 3 is 2.45 bits per heavy atom. The van der Waals surface area contributed by atoms with Crippen molar-refractivity contribution in [3.05, 3.63) is 34.7 Å². The third kappa shape index (κ3) is 4.96. The van der Waals surface area contributed by atoms with Crippen molar-refractivity contribution in [3.63, 3.8) is 0 Å². The van der Waals surface area contributed by atoms with Crippen LogP contribution in [0.25, 0.3) is 11.3 Å². The van der Waals surface area contributed by atoms with Crippen LogP contribution in [0.4, 0.5) is 5.69 Å². The topological polar surface area (TPSA) is 79.3 Å². The summed E-state index contributed by atoms with van der Waals surface area (Å²) >= 11 is 1.60. The Hall–Kier alpha value is -2.21. The lowest BCUT2D eigenvalue weighted by Crippen LogP contribution is -2.11. The van der Waals surface area contributed by atoms with Crippen molar-refractivity contribution in [3.8, 4) is 11.3 Å². The van der Waals surface area contributed by atoms with Crippen molar-refractivity contribution in [2.24, 2.45) is 0 Å². The molecule has 1 amide bonds. The highest BCUT2D eigenvalue weighted by Crippen LogP contribution is 2.23. The van der Waals surface area contributed by atoms with Crippen LogP contribution in [-0.4, -0.2) is 22.0 Å². The molecule has 0 radical (unpaired) electrons. The Labute approximate surface area is 133 Å². The maximum absolute atomic E-state index is 11.7. The summed E-state index contributed by atoms with van der Waals surface area (Å²) in [6, 6.07) is 7.54. The molecular formula is C16H18N2O3S. The molecule has 116 valence electrons. The van der Waals surface area contributed by atoms with E-state index in [-0.39, 0.29) is 12.3 Å². The van der Waals surface area contributed by atoms with Crippen molar-refractivity contribution >= 4 is 28.9 Å². The molecular weight excluding hydrogens is 300 g/mol. The van der Waals surface area contributed by atoms with Gasteiger partial charge in [-0.15, -0.1) is 11.3 Å². The number of nitrogens with zero attached hydrogens (tertiary/aromatic N) is 1. The number of hydrogen-bond acceptors (Lipinski definition) is 4. The van der Waals surface area contributed by atoms with Gasteiger partial charge in [0.1, 0.15) is 0 Å². The van der Waals surface area contributed by atoms with Gasteiger partial charge in [0.05, 0.1) is 10.7 Å². The number of aromatic nitrogens is 1. The number of aryl methyl sites for hydroxylation is 1. The second kappa shape index (κ2) is 7.70. The van der Waals surface area contributed by atoms with Crippen molar-refractivity contribution in [2.75, 3.05) is 5.32 Å². The largest absolute Gasteiger partial charge is 0.481 e. The lowest BCUT2D eigenvalue weighted by Gasteiger charge is -2.05. The fourth-order valence-electron chi connectivity index (χ4n) is 2.01. The van der Waals surface area contributed by atoms with Gasteiger partial charge in [-0.05, 0) is 31.9 Å². The van der Waals surface area contributed by atoms with E-state index in [2.05, 4.69) is 10.3 Å². The SMILES string of the molecule is Cc1nc(-c2ccc(NC(=O)CCCCC(=O)O)cc2)cs1. The number of carboxylic acid groups (broad SMARTS) is 1. The van der Waals surface area contributed by atoms with E-state index in [0.717, 1.165) is 22.0 Å². The molecule has 0 unspecified atom stereocenters. The van der Waals surface area contributed by atoms with Gasteiger partial charge in [-0.25, -0.2) is 4.98 Å². The molecule has 22 heavy (non-hydrogen) atoms. The van der Waals surface area contributed by atoms with Crippen molar-refractivity contribution in [1.29, 1.82) is 0 Å². The molecule has 5 nitrogen and oxygen atoms in total. The normalized spacial score (nSPS) is 10.4. The standard InChI is InChI=1S/C16H18N2O3S/c1-11-17-14(10-22-11)12-6-8-13(9-7-12)18-15(19)4-2-3-5-16(20)21/h6-10H,2-5H2,1H3,(H,18,19)(H,20,21). The molecule has 0 saturated carbocycles. The van der Waals surface area contributed by atoms with E-state index >= 15 is 0 Å². The van der Waals surface area contributed by atoms with Gasteiger partial charge in [0.25, 0.3) is 0 Å². The van der Waals surface area contributed by atoms with Crippen LogP contribution in [0.3, 0.4) is 0 Å². The molecule has 2 N–H and O–H groups in total. The molecule has 0 saturated heterocycles. The highest BCUT2D eigenvalue weighted by atomic mass is 32.1. The molecule has 0 aliphatic heterocycles. The minimum Gasteiger partial charge on any atom is -0.481 e. The molecule has 0 atom stereocenters. The number of benzene rings is 1. The zero-order chi connectivity index (χ0) is 15.9.